The van der Waals surface area contributed by atoms with Crippen LogP contribution in [0, 0.1) is 11.8 Å². The van der Waals surface area contributed by atoms with Gasteiger partial charge in [0.1, 0.15) is 10.3 Å². The zero-order valence-electron chi connectivity index (χ0n) is 6.74. The van der Waals surface area contributed by atoms with Crippen molar-refractivity contribution in [1.29, 1.82) is 0 Å². The van der Waals surface area contributed by atoms with Crippen LogP contribution in [0.5, 0.6) is 0 Å². The summed E-state index contributed by atoms with van der Waals surface area (Å²) in [6.45, 7) is 0. The molecule has 1 aromatic heterocycles. The molecule has 1 heterocycles. The van der Waals surface area contributed by atoms with Gasteiger partial charge in [0.15, 0.2) is 0 Å². The van der Waals surface area contributed by atoms with Crippen LogP contribution in [0.3, 0.4) is 0 Å². The number of esters is 1. The fourth-order valence-electron chi connectivity index (χ4n) is 0.543. The number of methoxy groups -OCH3 is 1. The summed E-state index contributed by atoms with van der Waals surface area (Å²) in [5, 5.41) is 0. The van der Waals surface area contributed by atoms with E-state index in [1.807, 2.05) is 0 Å². The van der Waals surface area contributed by atoms with Crippen molar-refractivity contribution in [2.24, 2.45) is 0 Å². The van der Waals surface area contributed by atoms with Gasteiger partial charge in [0.25, 0.3) is 0 Å². The minimum absolute atomic E-state index is 0.425. The van der Waals surface area contributed by atoms with Crippen molar-refractivity contribution in [3.05, 3.63) is 22.7 Å². The SMILES string of the molecule is COC(=O)C#Cc1cnc(Br)cn1. The molecule has 0 spiro atoms. The lowest BCUT2D eigenvalue weighted by atomic mass is 10.4. The van der Waals surface area contributed by atoms with Crippen molar-refractivity contribution >= 4 is 21.9 Å². The van der Waals surface area contributed by atoms with Gasteiger partial charge >= 0.3 is 5.97 Å². The van der Waals surface area contributed by atoms with Gasteiger partial charge in [0.2, 0.25) is 0 Å². The normalized spacial score (nSPS) is 8.46. The zero-order valence-corrected chi connectivity index (χ0v) is 8.33. The zero-order chi connectivity index (χ0) is 9.68. The highest BCUT2D eigenvalue weighted by Crippen LogP contribution is 2.01. The van der Waals surface area contributed by atoms with Crippen molar-refractivity contribution in [2.45, 2.75) is 0 Å². The van der Waals surface area contributed by atoms with Crippen LogP contribution < -0.4 is 0 Å². The van der Waals surface area contributed by atoms with Gasteiger partial charge in [-0.05, 0) is 21.9 Å². The van der Waals surface area contributed by atoms with E-state index in [4.69, 9.17) is 0 Å². The van der Waals surface area contributed by atoms with Gasteiger partial charge < -0.3 is 4.74 Å². The first-order valence-corrected chi connectivity index (χ1v) is 4.09. The molecule has 0 unspecified atom stereocenters. The second-order valence-corrected chi connectivity index (χ2v) is 2.78. The molecule has 0 aliphatic rings. The Morgan fingerprint density at radius 2 is 2.31 bits per heavy atom. The molecule has 0 atom stereocenters. The maximum absolute atomic E-state index is 10.6. The number of carbonyl (C=O) groups excluding carboxylic acids is 1. The second-order valence-electron chi connectivity index (χ2n) is 1.97. The number of rotatable bonds is 0. The van der Waals surface area contributed by atoms with Crippen molar-refractivity contribution in [3.63, 3.8) is 0 Å². The summed E-state index contributed by atoms with van der Waals surface area (Å²) in [4.78, 5) is 18.4. The first kappa shape index (κ1) is 9.68. The number of nitrogens with zero attached hydrogens (tertiary/aromatic N) is 2. The van der Waals surface area contributed by atoms with E-state index in [-0.39, 0.29) is 0 Å². The van der Waals surface area contributed by atoms with Crippen LogP contribution in [0.1, 0.15) is 5.69 Å². The molecule has 0 radical (unpaired) electrons. The van der Waals surface area contributed by atoms with Crippen LogP contribution in [-0.2, 0) is 9.53 Å². The summed E-state index contributed by atoms with van der Waals surface area (Å²) in [7, 11) is 1.27. The Hall–Kier alpha value is -1.41. The van der Waals surface area contributed by atoms with Crippen LogP contribution >= 0.6 is 15.9 Å². The quantitative estimate of drug-likeness (QED) is 0.497. The summed E-state index contributed by atoms with van der Waals surface area (Å²) in [6, 6.07) is 0. The van der Waals surface area contributed by atoms with Gasteiger partial charge in [-0.3, -0.25) is 0 Å². The fourth-order valence-corrected chi connectivity index (χ4v) is 0.748. The molecular formula is C8H5BrN2O2. The Bertz CT molecular complexity index is 364. The lowest BCUT2D eigenvalue weighted by Crippen LogP contribution is -1.95. The van der Waals surface area contributed by atoms with E-state index in [9.17, 15) is 4.79 Å². The van der Waals surface area contributed by atoms with E-state index in [1.54, 1.807) is 0 Å². The first-order chi connectivity index (χ1) is 6.22. The molecule has 0 saturated carbocycles. The summed E-state index contributed by atoms with van der Waals surface area (Å²) in [5.41, 5.74) is 0.425. The molecule has 0 N–H and O–H groups in total. The predicted molar refractivity (Wildman–Crippen MR) is 48.6 cm³/mol. The highest BCUT2D eigenvalue weighted by atomic mass is 79.9. The van der Waals surface area contributed by atoms with E-state index in [2.05, 4.69) is 42.5 Å². The highest BCUT2D eigenvalue weighted by Gasteiger charge is 1.92. The first-order valence-electron chi connectivity index (χ1n) is 3.30. The second kappa shape index (κ2) is 4.58. The molecule has 0 amide bonds. The molecule has 1 aromatic rings. The molecule has 0 fully saturated rings. The Labute approximate surface area is 83.5 Å². The van der Waals surface area contributed by atoms with Gasteiger partial charge in [-0.15, -0.1) is 0 Å². The standard InChI is InChI=1S/C8H5BrN2O2/c1-13-8(12)3-2-6-4-11-7(9)5-10-6/h4-5H,1H3. The molecule has 0 aliphatic heterocycles. The number of hydrogen-bond acceptors (Lipinski definition) is 4. The van der Waals surface area contributed by atoms with E-state index < -0.39 is 5.97 Å². The van der Waals surface area contributed by atoms with Gasteiger partial charge in [0, 0.05) is 5.92 Å². The van der Waals surface area contributed by atoms with E-state index in [0.29, 0.717) is 10.3 Å². The topological polar surface area (TPSA) is 52.1 Å². The third-order valence-electron chi connectivity index (χ3n) is 1.10. The van der Waals surface area contributed by atoms with E-state index in [0.717, 1.165) is 0 Å². The van der Waals surface area contributed by atoms with Crippen LogP contribution in [-0.4, -0.2) is 23.0 Å². The minimum Gasteiger partial charge on any atom is -0.459 e. The number of aromatic nitrogens is 2. The lowest BCUT2D eigenvalue weighted by Gasteiger charge is -1.88. The van der Waals surface area contributed by atoms with Crippen molar-refractivity contribution in [1.82, 2.24) is 9.97 Å². The summed E-state index contributed by atoms with van der Waals surface area (Å²) in [6.07, 6.45) is 2.96. The van der Waals surface area contributed by atoms with Crippen LogP contribution in [0.4, 0.5) is 0 Å². The van der Waals surface area contributed by atoms with Crippen molar-refractivity contribution < 1.29 is 9.53 Å². The third kappa shape index (κ3) is 3.22. The largest absolute Gasteiger partial charge is 0.459 e. The molecule has 0 bridgehead atoms. The fraction of sp³-hybridized carbons (Fsp3) is 0.125. The summed E-state index contributed by atoms with van der Waals surface area (Å²) >= 11 is 3.13. The lowest BCUT2D eigenvalue weighted by molar-refractivity contribution is -0.133. The molecule has 0 aliphatic carbocycles. The molecular weight excluding hydrogens is 236 g/mol. The predicted octanol–water partition coefficient (Wildman–Crippen LogP) is 0.764. The average Bonchev–Trinajstić information content (AvgIpc) is 2.16. The number of carbonyl (C=O) groups is 1. The Morgan fingerprint density at radius 1 is 1.54 bits per heavy atom. The Balaban J connectivity index is 2.78. The molecule has 1 rings (SSSR count). The highest BCUT2D eigenvalue weighted by molar-refractivity contribution is 9.10. The Kier molecular flexibility index (Phi) is 3.41. The Morgan fingerprint density at radius 3 is 2.85 bits per heavy atom. The molecule has 4 nitrogen and oxygen atoms in total. The molecule has 5 heteroatoms. The van der Waals surface area contributed by atoms with Gasteiger partial charge in [-0.1, -0.05) is 0 Å². The van der Waals surface area contributed by atoms with E-state index >= 15 is 0 Å². The summed E-state index contributed by atoms with van der Waals surface area (Å²) in [5.74, 6) is 4.15. The van der Waals surface area contributed by atoms with Crippen molar-refractivity contribution in [2.75, 3.05) is 7.11 Å². The third-order valence-corrected chi connectivity index (χ3v) is 1.51. The van der Waals surface area contributed by atoms with Gasteiger partial charge in [0.05, 0.1) is 19.5 Å². The maximum atomic E-state index is 10.6. The maximum Gasteiger partial charge on any atom is 0.384 e. The van der Waals surface area contributed by atoms with Crippen LogP contribution in [0.15, 0.2) is 17.0 Å². The van der Waals surface area contributed by atoms with Crippen LogP contribution in [0.25, 0.3) is 0 Å². The molecule has 66 valence electrons. The van der Waals surface area contributed by atoms with Gasteiger partial charge in [-0.2, -0.15) is 0 Å². The van der Waals surface area contributed by atoms with Crippen LogP contribution in [0.2, 0.25) is 0 Å². The van der Waals surface area contributed by atoms with Gasteiger partial charge in [-0.25, -0.2) is 14.8 Å². The molecule has 0 saturated heterocycles. The summed E-state index contributed by atoms with van der Waals surface area (Å²) < 4.78 is 4.95. The number of halogens is 1. The van der Waals surface area contributed by atoms with Crippen molar-refractivity contribution in [3.8, 4) is 11.8 Å². The number of hydrogen-bond donors (Lipinski definition) is 0. The number of ether oxygens (including phenoxy) is 1. The monoisotopic (exact) mass is 240 g/mol. The molecule has 13 heavy (non-hydrogen) atoms. The average molecular weight is 241 g/mol. The smallest absolute Gasteiger partial charge is 0.384 e. The molecule has 0 aromatic carbocycles. The minimum atomic E-state index is -0.593. The van der Waals surface area contributed by atoms with E-state index in [1.165, 1.54) is 19.5 Å².